The minimum Gasteiger partial charge on any atom is -0.508 e. The van der Waals surface area contributed by atoms with Crippen LogP contribution in [-0.4, -0.2) is 67.1 Å². The van der Waals surface area contributed by atoms with E-state index in [1.165, 1.54) is 4.90 Å². The molecule has 3 aromatic carbocycles. The van der Waals surface area contributed by atoms with E-state index in [2.05, 4.69) is 9.80 Å². The number of phenolic OH excluding ortho intramolecular Hbond substituents is 1. The molecule has 1 saturated heterocycles. The molecule has 8 heteroatoms. The normalized spacial score (nSPS) is 15.8. The number of fused-ring (bicyclic) bond motifs is 1. The lowest BCUT2D eigenvalue weighted by Gasteiger charge is -2.36. The number of carbonyl (C=O) groups is 2. The van der Waals surface area contributed by atoms with Gasteiger partial charge < -0.3 is 19.5 Å². The Kier molecular flexibility index (Phi) is 6.52. The molecule has 3 aromatic rings. The minimum absolute atomic E-state index is 0.153. The summed E-state index contributed by atoms with van der Waals surface area (Å²) in [7, 11) is 3.12. The summed E-state index contributed by atoms with van der Waals surface area (Å²) < 4.78 is 10.7. The zero-order chi connectivity index (χ0) is 25.2. The molecular weight excluding hydrogens is 458 g/mol. The molecule has 0 atom stereocenters. The fraction of sp³-hybridized carbons (Fsp3) is 0.286. The fourth-order valence-corrected chi connectivity index (χ4v) is 4.92. The van der Waals surface area contributed by atoms with Gasteiger partial charge in [0.05, 0.1) is 37.6 Å². The number of hydrogen-bond acceptors (Lipinski definition) is 7. The van der Waals surface area contributed by atoms with Crippen molar-refractivity contribution in [2.45, 2.75) is 13.1 Å². The van der Waals surface area contributed by atoms with Crippen LogP contribution in [0.25, 0.3) is 0 Å². The Balaban J connectivity index is 1.31. The predicted molar refractivity (Wildman–Crippen MR) is 136 cm³/mol. The van der Waals surface area contributed by atoms with Crippen LogP contribution in [0.2, 0.25) is 0 Å². The number of rotatable bonds is 7. The third-order valence-corrected chi connectivity index (χ3v) is 6.86. The average molecular weight is 488 g/mol. The van der Waals surface area contributed by atoms with Crippen LogP contribution in [0, 0.1) is 0 Å². The molecule has 1 fully saturated rings. The Hall–Kier alpha value is -4.04. The molecule has 0 radical (unpaired) electrons. The van der Waals surface area contributed by atoms with Crippen LogP contribution in [0.15, 0.2) is 60.7 Å². The number of ether oxygens (including phenoxy) is 2. The van der Waals surface area contributed by atoms with E-state index < -0.39 is 0 Å². The van der Waals surface area contributed by atoms with E-state index in [0.717, 1.165) is 43.0 Å². The molecule has 0 unspecified atom stereocenters. The van der Waals surface area contributed by atoms with E-state index in [1.807, 2.05) is 36.4 Å². The van der Waals surface area contributed by atoms with Crippen LogP contribution in [0.1, 0.15) is 31.8 Å². The highest BCUT2D eigenvalue weighted by atomic mass is 16.5. The summed E-state index contributed by atoms with van der Waals surface area (Å²) in [5.74, 6) is 0.878. The second-order valence-corrected chi connectivity index (χ2v) is 8.98. The topological polar surface area (TPSA) is 82.5 Å². The van der Waals surface area contributed by atoms with Crippen molar-refractivity contribution in [2.24, 2.45) is 0 Å². The lowest BCUT2D eigenvalue weighted by molar-refractivity contribution is 0.0642. The summed E-state index contributed by atoms with van der Waals surface area (Å²) >= 11 is 0. The van der Waals surface area contributed by atoms with E-state index in [-0.39, 0.29) is 18.4 Å². The highest BCUT2D eigenvalue weighted by Gasteiger charge is 2.38. The van der Waals surface area contributed by atoms with E-state index in [0.29, 0.717) is 34.9 Å². The standard InChI is InChI=1S/C28H29N3O5/c1-35-24-11-10-19(16-25(24)36-2)17-31-27(33)21-7-5-8-22(26(21)28(31)34)30-14-12-29(13-15-30)18-20-6-3-4-9-23(20)32/h3-11,16,32H,12-15,17-18H2,1-2H3. The first-order valence-electron chi connectivity index (χ1n) is 11.9. The molecule has 1 N–H and O–H groups in total. The number of aromatic hydroxyl groups is 1. The van der Waals surface area contributed by atoms with Crippen molar-refractivity contribution < 1.29 is 24.2 Å². The van der Waals surface area contributed by atoms with Crippen LogP contribution in [0.5, 0.6) is 17.2 Å². The monoisotopic (exact) mass is 487 g/mol. The van der Waals surface area contributed by atoms with Crippen LogP contribution < -0.4 is 14.4 Å². The molecule has 0 aliphatic carbocycles. The zero-order valence-electron chi connectivity index (χ0n) is 20.4. The van der Waals surface area contributed by atoms with Gasteiger partial charge in [0, 0.05) is 38.3 Å². The summed E-state index contributed by atoms with van der Waals surface area (Å²) in [6, 6.07) is 18.3. The molecule has 8 nitrogen and oxygen atoms in total. The van der Waals surface area contributed by atoms with Crippen molar-refractivity contribution in [3.05, 3.63) is 82.9 Å². The van der Waals surface area contributed by atoms with Gasteiger partial charge >= 0.3 is 0 Å². The Bertz CT molecular complexity index is 1300. The largest absolute Gasteiger partial charge is 0.508 e. The molecule has 186 valence electrons. The molecule has 5 rings (SSSR count). The number of piperazine rings is 1. The van der Waals surface area contributed by atoms with Gasteiger partial charge in [0.2, 0.25) is 0 Å². The van der Waals surface area contributed by atoms with Crippen molar-refractivity contribution in [2.75, 3.05) is 45.3 Å². The number of para-hydroxylation sites is 1. The zero-order valence-corrected chi connectivity index (χ0v) is 20.4. The van der Waals surface area contributed by atoms with E-state index in [1.54, 1.807) is 38.5 Å². The van der Waals surface area contributed by atoms with E-state index in [9.17, 15) is 14.7 Å². The first kappa shape index (κ1) is 23.7. The molecular formula is C28H29N3O5. The second-order valence-electron chi connectivity index (χ2n) is 8.98. The summed E-state index contributed by atoms with van der Waals surface area (Å²) in [6.45, 7) is 3.85. The van der Waals surface area contributed by atoms with Crippen molar-refractivity contribution in [3.8, 4) is 17.2 Å². The summed E-state index contributed by atoms with van der Waals surface area (Å²) in [5.41, 5.74) is 3.38. The van der Waals surface area contributed by atoms with Crippen molar-refractivity contribution in [3.63, 3.8) is 0 Å². The Morgan fingerprint density at radius 3 is 2.28 bits per heavy atom. The number of anilines is 1. The molecule has 36 heavy (non-hydrogen) atoms. The lowest BCUT2D eigenvalue weighted by Crippen LogP contribution is -2.46. The molecule has 0 spiro atoms. The van der Waals surface area contributed by atoms with Crippen LogP contribution in [0.4, 0.5) is 5.69 Å². The number of phenols is 1. The average Bonchev–Trinajstić information content (AvgIpc) is 3.15. The molecule has 2 amide bonds. The van der Waals surface area contributed by atoms with Gasteiger partial charge in [-0.15, -0.1) is 0 Å². The molecule has 0 bridgehead atoms. The van der Waals surface area contributed by atoms with E-state index in [4.69, 9.17) is 9.47 Å². The number of carbonyl (C=O) groups excluding carboxylic acids is 2. The molecule has 2 heterocycles. The third kappa shape index (κ3) is 4.35. The van der Waals surface area contributed by atoms with Gasteiger partial charge in [0.25, 0.3) is 11.8 Å². The lowest BCUT2D eigenvalue weighted by atomic mass is 10.1. The maximum absolute atomic E-state index is 13.5. The number of amides is 2. The molecule has 2 aliphatic heterocycles. The van der Waals surface area contributed by atoms with Crippen LogP contribution in [-0.2, 0) is 13.1 Å². The molecule has 0 aromatic heterocycles. The first-order chi connectivity index (χ1) is 17.5. The number of methoxy groups -OCH3 is 2. The molecule has 2 aliphatic rings. The fourth-order valence-electron chi connectivity index (χ4n) is 4.92. The Morgan fingerprint density at radius 1 is 0.806 bits per heavy atom. The van der Waals surface area contributed by atoms with Gasteiger partial charge in [-0.3, -0.25) is 19.4 Å². The first-order valence-corrected chi connectivity index (χ1v) is 11.9. The summed E-state index contributed by atoms with van der Waals surface area (Å²) in [4.78, 5) is 32.4. The maximum Gasteiger partial charge on any atom is 0.263 e. The highest BCUT2D eigenvalue weighted by molar-refractivity contribution is 6.23. The van der Waals surface area contributed by atoms with Gasteiger partial charge in [0.1, 0.15) is 5.75 Å². The van der Waals surface area contributed by atoms with Gasteiger partial charge in [-0.05, 0) is 35.9 Å². The quantitative estimate of drug-likeness (QED) is 0.511. The Labute approximate surface area is 210 Å². The van der Waals surface area contributed by atoms with Gasteiger partial charge in [-0.25, -0.2) is 0 Å². The number of imide groups is 1. The SMILES string of the molecule is COc1ccc(CN2C(=O)c3cccc(N4CCN(Cc5ccccc5O)CC4)c3C2=O)cc1OC. The van der Waals surface area contributed by atoms with Gasteiger partial charge in [-0.1, -0.05) is 30.3 Å². The highest BCUT2D eigenvalue weighted by Crippen LogP contribution is 2.34. The predicted octanol–water partition coefficient (Wildman–Crippen LogP) is 3.53. The summed E-state index contributed by atoms with van der Waals surface area (Å²) in [5, 5.41) is 10.1. The van der Waals surface area contributed by atoms with E-state index >= 15 is 0 Å². The van der Waals surface area contributed by atoms with Crippen molar-refractivity contribution in [1.29, 1.82) is 0 Å². The third-order valence-electron chi connectivity index (χ3n) is 6.86. The van der Waals surface area contributed by atoms with Crippen LogP contribution >= 0.6 is 0 Å². The molecule has 0 saturated carbocycles. The smallest absolute Gasteiger partial charge is 0.263 e. The summed E-state index contributed by atoms with van der Waals surface area (Å²) in [6.07, 6.45) is 0. The van der Waals surface area contributed by atoms with Gasteiger partial charge in [0.15, 0.2) is 11.5 Å². The number of benzene rings is 3. The number of hydrogen-bond donors (Lipinski definition) is 1. The van der Waals surface area contributed by atoms with Crippen molar-refractivity contribution >= 4 is 17.5 Å². The maximum atomic E-state index is 13.5. The van der Waals surface area contributed by atoms with Crippen LogP contribution in [0.3, 0.4) is 0 Å². The van der Waals surface area contributed by atoms with Gasteiger partial charge in [-0.2, -0.15) is 0 Å². The Morgan fingerprint density at radius 2 is 1.56 bits per heavy atom. The second kappa shape index (κ2) is 9.91. The van der Waals surface area contributed by atoms with Crippen molar-refractivity contribution in [1.82, 2.24) is 9.80 Å². The minimum atomic E-state index is -0.287. The number of nitrogens with zero attached hydrogens (tertiary/aromatic N) is 3.